The highest BCUT2D eigenvalue weighted by molar-refractivity contribution is 5.83. The highest BCUT2D eigenvalue weighted by atomic mass is 19.4. The lowest BCUT2D eigenvalue weighted by Crippen LogP contribution is -2.18. The van der Waals surface area contributed by atoms with Crippen LogP contribution in [0.15, 0.2) is 54.7 Å². The van der Waals surface area contributed by atoms with Gasteiger partial charge in [0.15, 0.2) is 11.5 Å². The number of nitrogen functional groups attached to an aromatic ring is 1. The van der Waals surface area contributed by atoms with Crippen molar-refractivity contribution in [2.24, 2.45) is 0 Å². The Morgan fingerprint density at radius 2 is 1.79 bits per heavy atom. The lowest BCUT2D eigenvalue weighted by Gasteiger charge is -2.11. The molecule has 3 aromatic heterocycles. The van der Waals surface area contributed by atoms with Gasteiger partial charge in [-0.3, -0.25) is 4.57 Å². The van der Waals surface area contributed by atoms with Gasteiger partial charge in [0.25, 0.3) is 0 Å². The number of aromatic nitrogens is 4. The van der Waals surface area contributed by atoms with E-state index in [1.807, 2.05) is 0 Å². The van der Waals surface area contributed by atoms with Gasteiger partial charge in [-0.1, -0.05) is 12.1 Å². The van der Waals surface area contributed by atoms with Gasteiger partial charge in [-0.2, -0.15) is 4.98 Å². The average Bonchev–Trinajstić information content (AvgIpc) is 3.05. The largest absolute Gasteiger partial charge is 0.574 e. The summed E-state index contributed by atoms with van der Waals surface area (Å²) in [7, 11) is 0. The van der Waals surface area contributed by atoms with Crippen molar-refractivity contribution >= 4 is 17.0 Å². The van der Waals surface area contributed by atoms with Crippen molar-refractivity contribution in [3.05, 3.63) is 60.3 Å². The smallest absolute Gasteiger partial charge is 0.392 e. The van der Waals surface area contributed by atoms with Crippen molar-refractivity contribution in [1.82, 2.24) is 19.5 Å². The minimum atomic E-state index is -4.87. The SMILES string of the molecule is Nc1ncccc1-c1nc2ccc(OC(F)(F)F)nc2n1-c1ccc(CO)cc1. The van der Waals surface area contributed by atoms with E-state index in [0.717, 1.165) is 6.07 Å². The number of nitrogens with two attached hydrogens (primary N) is 1. The number of alkyl halides is 3. The second kappa shape index (κ2) is 7.06. The molecule has 0 bridgehead atoms. The maximum absolute atomic E-state index is 12.6. The van der Waals surface area contributed by atoms with Crippen LogP contribution in [0, 0.1) is 0 Å². The van der Waals surface area contributed by atoms with Gasteiger partial charge in [-0.15, -0.1) is 13.2 Å². The van der Waals surface area contributed by atoms with E-state index in [0.29, 0.717) is 28.2 Å². The van der Waals surface area contributed by atoms with Gasteiger partial charge in [0.05, 0.1) is 12.2 Å². The van der Waals surface area contributed by atoms with Gasteiger partial charge < -0.3 is 15.6 Å². The summed E-state index contributed by atoms with van der Waals surface area (Å²) in [6, 6.07) is 12.6. The Morgan fingerprint density at radius 1 is 1.03 bits per heavy atom. The monoisotopic (exact) mass is 401 g/mol. The molecule has 148 valence electrons. The van der Waals surface area contributed by atoms with Gasteiger partial charge in [-0.05, 0) is 35.9 Å². The number of hydrogen-bond acceptors (Lipinski definition) is 6. The molecule has 0 amide bonds. The van der Waals surface area contributed by atoms with Crippen molar-refractivity contribution in [3.8, 4) is 23.0 Å². The van der Waals surface area contributed by atoms with Crippen LogP contribution in [0.4, 0.5) is 19.0 Å². The molecule has 3 N–H and O–H groups in total. The molecule has 10 heteroatoms. The Morgan fingerprint density at radius 3 is 2.45 bits per heavy atom. The average molecular weight is 401 g/mol. The third-order valence-corrected chi connectivity index (χ3v) is 4.16. The van der Waals surface area contributed by atoms with Crippen molar-refractivity contribution in [1.29, 1.82) is 0 Å². The number of rotatable bonds is 4. The van der Waals surface area contributed by atoms with E-state index in [9.17, 15) is 18.3 Å². The normalized spacial score (nSPS) is 11.7. The minimum absolute atomic E-state index is 0.144. The lowest BCUT2D eigenvalue weighted by atomic mass is 10.2. The van der Waals surface area contributed by atoms with Crippen LogP contribution in [-0.2, 0) is 6.61 Å². The quantitative estimate of drug-likeness (QED) is 0.543. The summed E-state index contributed by atoms with van der Waals surface area (Å²) in [6.45, 7) is -0.144. The summed E-state index contributed by atoms with van der Waals surface area (Å²) >= 11 is 0. The number of anilines is 1. The summed E-state index contributed by atoms with van der Waals surface area (Å²) in [6.07, 6.45) is -3.35. The fourth-order valence-corrected chi connectivity index (χ4v) is 2.90. The second-order valence-electron chi connectivity index (χ2n) is 6.07. The molecule has 4 rings (SSSR count). The predicted molar refractivity (Wildman–Crippen MR) is 99.1 cm³/mol. The summed E-state index contributed by atoms with van der Waals surface area (Å²) < 4.78 is 43.4. The first-order chi connectivity index (χ1) is 13.9. The van der Waals surface area contributed by atoms with E-state index in [-0.39, 0.29) is 18.1 Å². The van der Waals surface area contributed by atoms with Gasteiger partial charge in [-0.25, -0.2) is 9.97 Å². The van der Waals surface area contributed by atoms with E-state index in [1.54, 1.807) is 41.0 Å². The van der Waals surface area contributed by atoms with Crippen molar-refractivity contribution in [2.45, 2.75) is 13.0 Å². The Hall–Kier alpha value is -3.66. The van der Waals surface area contributed by atoms with Crippen LogP contribution in [0.1, 0.15) is 5.56 Å². The molecule has 1 aromatic carbocycles. The van der Waals surface area contributed by atoms with Crippen LogP contribution in [0.25, 0.3) is 28.2 Å². The summed E-state index contributed by atoms with van der Waals surface area (Å²) in [5, 5.41) is 9.26. The number of pyridine rings is 2. The Balaban J connectivity index is 1.97. The molecule has 0 saturated heterocycles. The molecule has 0 fully saturated rings. The summed E-state index contributed by atoms with van der Waals surface area (Å²) in [5.41, 5.74) is 8.23. The number of ether oxygens (including phenoxy) is 1. The molecule has 29 heavy (non-hydrogen) atoms. The second-order valence-corrected chi connectivity index (χ2v) is 6.07. The molecule has 0 aliphatic heterocycles. The third kappa shape index (κ3) is 3.69. The van der Waals surface area contributed by atoms with Crippen LogP contribution in [-0.4, -0.2) is 31.0 Å². The van der Waals surface area contributed by atoms with Crippen molar-refractivity contribution in [3.63, 3.8) is 0 Å². The first-order valence-electron chi connectivity index (χ1n) is 8.42. The Kier molecular flexibility index (Phi) is 4.55. The van der Waals surface area contributed by atoms with Crippen LogP contribution in [0.5, 0.6) is 5.88 Å². The molecular weight excluding hydrogens is 387 g/mol. The molecule has 0 atom stereocenters. The predicted octanol–water partition coefficient (Wildman–Crippen LogP) is 3.46. The molecule has 7 nitrogen and oxygen atoms in total. The van der Waals surface area contributed by atoms with E-state index in [1.165, 1.54) is 12.3 Å². The van der Waals surface area contributed by atoms with E-state index < -0.39 is 12.2 Å². The minimum Gasteiger partial charge on any atom is -0.392 e. The highest BCUT2D eigenvalue weighted by Crippen LogP contribution is 2.32. The molecule has 0 aliphatic carbocycles. The molecule has 0 radical (unpaired) electrons. The maximum atomic E-state index is 12.6. The summed E-state index contributed by atoms with van der Waals surface area (Å²) in [4.78, 5) is 12.5. The van der Waals surface area contributed by atoms with Crippen LogP contribution >= 0.6 is 0 Å². The fraction of sp³-hybridized carbons (Fsp3) is 0.105. The molecule has 3 heterocycles. The van der Waals surface area contributed by atoms with E-state index in [4.69, 9.17) is 5.73 Å². The maximum Gasteiger partial charge on any atom is 0.574 e. The number of hydrogen-bond donors (Lipinski definition) is 2. The topological polar surface area (TPSA) is 99.1 Å². The third-order valence-electron chi connectivity index (χ3n) is 4.16. The van der Waals surface area contributed by atoms with Crippen LogP contribution in [0.3, 0.4) is 0 Å². The molecule has 0 unspecified atom stereocenters. The Labute approximate surface area is 162 Å². The highest BCUT2D eigenvalue weighted by Gasteiger charge is 2.32. The molecule has 0 spiro atoms. The molecule has 0 aliphatic rings. The molecular formula is C19H14F3N5O2. The molecule has 0 saturated carbocycles. The van der Waals surface area contributed by atoms with Crippen molar-refractivity contribution < 1.29 is 23.0 Å². The van der Waals surface area contributed by atoms with Gasteiger partial charge in [0.2, 0.25) is 5.88 Å². The van der Waals surface area contributed by atoms with E-state index >= 15 is 0 Å². The number of imidazole rings is 1. The van der Waals surface area contributed by atoms with Gasteiger partial charge in [0, 0.05) is 18.0 Å². The zero-order valence-electron chi connectivity index (χ0n) is 14.8. The zero-order valence-corrected chi connectivity index (χ0v) is 14.8. The fourth-order valence-electron chi connectivity index (χ4n) is 2.90. The number of aliphatic hydroxyl groups is 1. The first kappa shape index (κ1) is 18.7. The van der Waals surface area contributed by atoms with Crippen molar-refractivity contribution in [2.75, 3.05) is 5.73 Å². The number of fused-ring (bicyclic) bond motifs is 1. The number of nitrogens with zero attached hydrogens (tertiary/aromatic N) is 4. The number of benzene rings is 1. The van der Waals surface area contributed by atoms with E-state index in [2.05, 4.69) is 19.7 Å². The van der Waals surface area contributed by atoms with Crippen LogP contribution in [0.2, 0.25) is 0 Å². The zero-order chi connectivity index (χ0) is 20.6. The van der Waals surface area contributed by atoms with Gasteiger partial charge in [0.1, 0.15) is 11.3 Å². The standard InChI is InChI=1S/C19H14F3N5O2/c20-19(21,22)29-15-8-7-14-18(26-15)27(12-5-3-11(10-28)4-6-12)17(25-14)13-2-1-9-24-16(13)23/h1-9,28H,10H2,(H2,23,24). The van der Waals surface area contributed by atoms with Gasteiger partial charge >= 0.3 is 6.36 Å². The number of aliphatic hydroxyl groups excluding tert-OH is 1. The Bertz CT molecular complexity index is 1170. The lowest BCUT2D eigenvalue weighted by molar-refractivity contribution is -0.276. The molecule has 4 aromatic rings. The number of halogens is 3. The van der Waals surface area contributed by atoms with Crippen LogP contribution < -0.4 is 10.5 Å². The first-order valence-corrected chi connectivity index (χ1v) is 8.42. The summed E-state index contributed by atoms with van der Waals surface area (Å²) in [5.74, 6) is -0.0364.